The van der Waals surface area contributed by atoms with Crippen LogP contribution in [-0.4, -0.2) is 30.2 Å². The first-order valence-electron chi connectivity index (χ1n) is 7.48. The van der Waals surface area contributed by atoms with Crippen LogP contribution in [0.5, 0.6) is 0 Å². The molecule has 6 nitrogen and oxygen atoms in total. The number of allylic oxidation sites excluding steroid dienone is 3. The van der Waals surface area contributed by atoms with Gasteiger partial charge in [-0.1, -0.05) is 30.9 Å². The molecule has 0 aliphatic rings. The summed E-state index contributed by atoms with van der Waals surface area (Å²) in [6.07, 6.45) is 5.56. The molecule has 25 heavy (non-hydrogen) atoms. The summed E-state index contributed by atoms with van der Waals surface area (Å²) in [6.45, 7) is 4.19. The van der Waals surface area contributed by atoms with Crippen LogP contribution >= 0.6 is 11.3 Å². The van der Waals surface area contributed by atoms with E-state index >= 15 is 0 Å². The number of thiophene rings is 1. The van der Waals surface area contributed by atoms with Gasteiger partial charge in [-0.05, 0) is 29.7 Å². The fraction of sp³-hybridized carbons (Fsp3) is 0.111. The minimum Gasteiger partial charge on any atom is -0.492 e. The first-order chi connectivity index (χ1) is 12.1. The van der Waals surface area contributed by atoms with Gasteiger partial charge in [-0.2, -0.15) is 0 Å². The number of rotatable bonds is 8. The van der Waals surface area contributed by atoms with Crippen LogP contribution in [0.3, 0.4) is 0 Å². The van der Waals surface area contributed by atoms with Crippen molar-refractivity contribution in [3.05, 3.63) is 71.9 Å². The average molecular weight is 358 g/mol. The van der Waals surface area contributed by atoms with Gasteiger partial charge in [0.2, 0.25) is 0 Å². The number of hydrogen-bond donors (Lipinski definition) is 3. The predicted octanol–water partition coefficient (Wildman–Crippen LogP) is 2.78. The summed E-state index contributed by atoms with van der Waals surface area (Å²) in [6, 6.07) is 9.69. The van der Waals surface area contributed by atoms with Gasteiger partial charge >= 0.3 is 0 Å². The summed E-state index contributed by atoms with van der Waals surface area (Å²) in [5.41, 5.74) is 1.48. The van der Waals surface area contributed by atoms with Gasteiger partial charge in [0.15, 0.2) is 0 Å². The molecule has 1 aromatic heterocycles. The molecule has 0 spiro atoms. The Balaban J connectivity index is 1.80. The van der Waals surface area contributed by atoms with Crippen LogP contribution in [0, 0.1) is 0 Å². The van der Waals surface area contributed by atoms with Crippen molar-refractivity contribution >= 4 is 33.2 Å². The molecule has 7 heteroatoms. The van der Waals surface area contributed by atoms with Gasteiger partial charge in [0.25, 0.3) is 11.8 Å². The molecule has 2 amide bonds. The summed E-state index contributed by atoms with van der Waals surface area (Å²) in [7, 11) is 0. The van der Waals surface area contributed by atoms with Crippen LogP contribution in [0.2, 0.25) is 0 Å². The van der Waals surface area contributed by atoms with Gasteiger partial charge in [-0.3, -0.25) is 14.8 Å². The topological polar surface area (TPSA) is 87.7 Å². The second kappa shape index (κ2) is 9.41. The van der Waals surface area contributed by atoms with Crippen molar-refractivity contribution in [3.63, 3.8) is 0 Å². The number of hydrogen-bond acceptors (Lipinski definition) is 5. The lowest BCUT2D eigenvalue weighted by Gasteiger charge is -2.07. The number of ether oxygens (including phenoxy) is 1. The zero-order valence-corrected chi connectivity index (χ0v) is 14.2. The molecule has 2 rings (SSSR count). The Morgan fingerprint density at radius 3 is 2.84 bits per heavy atom. The molecule has 2 aromatic rings. The molecule has 0 saturated carbocycles. The molecular formula is C18H18N2O4S. The molecule has 0 radical (unpaired) electrons. The summed E-state index contributed by atoms with van der Waals surface area (Å²) in [5, 5.41) is 12.2. The van der Waals surface area contributed by atoms with Crippen LogP contribution in [0.4, 0.5) is 0 Å². The zero-order chi connectivity index (χ0) is 18.1. The van der Waals surface area contributed by atoms with Crippen molar-refractivity contribution in [2.45, 2.75) is 0 Å². The SMILES string of the molecule is C=C/C(=C\C=C\C(=O)NO)OCCNC(=O)c1cc2ccccc2s1. The Labute approximate surface area is 149 Å². The third kappa shape index (κ3) is 5.59. The van der Waals surface area contributed by atoms with Crippen molar-refractivity contribution < 1.29 is 19.5 Å². The smallest absolute Gasteiger partial charge is 0.267 e. The predicted molar refractivity (Wildman–Crippen MR) is 97.5 cm³/mol. The monoisotopic (exact) mass is 358 g/mol. The van der Waals surface area contributed by atoms with E-state index in [2.05, 4.69) is 11.9 Å². The molecule has 0 aliphatic heterocycles. The maximum Gasteiger partial charge on any atom is 0.267 e. The van der Waals surface area contributed by atoms with E-state index in [1.54, 1.807) is 0 Å². The van der Waals surface area contributed by atoms with E-state index in [4.69, 9.17) is 9.94 Å². The lowest BCUT2D eigenvalue weighted by atomic mass is 10.2. The first-order valence-corrected chi connectivity index (χ1v) is 8.30. The van der Waals surface area contributed by atoms with Crippen LogP contribution in [-0.2, 0) is 9.53 Å². The van der Waals surface area contributed by atoms with Crippen molar-refractivity contribution in [3.8, 4) is 0 Å². The Morgan fingerprint density at radius 2 is 2.12 bits per heavy atom. The lowest BCUT2D eigenvalue weighted by molar-refractivity contribution is -0.124. The molecule has 130 valence electrons. The molecule has 0 aliphatic carbocycles. The number of nitrogens with one attached hydrogen (secondary N) is 2. The highest BCUT2D eigenvalue weighted by Crippen LogP contribution is 2.24. The van der Waals surface area contributed by atoms with Crippen LogP contribution in [0.15, 0.2) is 67.0 Å². The lowest BCUT2D eigenvalue weighted by Crippen LogP contribution is -2.26. The van der Waals surface area contributed by atoms with E-state index in [1.807, 2.05) is 30.3 Å². The van der Waals surface area contributed by atoms with Crippen molar-refractivity contribution in [1.82, 2.24) is 10.8 Å². The van der Waals surface area contributed by atoms with E-state index in [-0.39, 0.29) is 12.5 Å². The molecule has 1 heterocycles. The van der Waals surface area contributed by atoms with Crippen molar-refractivity contribution in [1.29, 1.82) is 0 Å². The van der Waals surface area contributed by atoms with Gasteiger partial charge < -0.3 is 10.1 Å². The Bertz CT molecular complexity index is 790. The molecule has 1 aromatic carbocycles. The highest BCUT2D eigenvalue weighted by atomic mass is 32.1. The number of hydroxylamine groups is 1. The highest BCUT2D eigenvalue weighted by Gasteiger charge is 2.09. The van der Waals surface area contributed by atoms with E-state index in [0.29, 0.717) is 17.2 Å². The normalized spacial score (nSPS) is 11.5. The average Bonchev–Trinajstić information content (AvgIpc) is 3.07. The maximum absolute atomic E-state index is 12.1. The minimum absolute atomic E-state index is 0.145. The van der Waals surface area contributed by atoms with E-state index in [0.717, 1.165) is 16.2 Å². The number of amides is 2. The summed E-state index contributed by atoms with van der Waals surface area (Å²) >= 11 is 1.44. The van der Waals surface area contributed by atoms with E-state index < -0.39 is 5.91 Å². The number of fused-ring (bicyclic) bond motifs is 1. The molecule has 0 saturated heterocycles. The second-order valence-electron chi connectivity index (χ2n) is 4.86. The van der Waals surface area contributed by atoms with Gasteiger partial charge in [0.05, 0.1) is 11.4 Å². The third-order valence-electron chi connectivity index (χ3n) is 3.13. The Hall–Kier alpha value is -2.90. The van der Waals surface area contributed by atoms with Crippen LogP contribution < -0.4 is 10.8 Å². The fourth-order valence-corrected chi connectivity index (χ4v) is 2.94. The molecule has 0 atom stereocenters. The number of carbonyl (C=O) groups excluding carboxylic acids is 2. The Kier molecular flexibility index (Phi) is 6.94. The zero-order valence-electron chi connectivity index (χ0n) is 13.4. The van der Waals surface area contributed by atoms with Crippen LogP contribution in [0.1, 0.15) is 9.67 Å². The molecular weight excluding hydrogens is 340 g/mol. The minimum atomic E-state index is -0.643. The standard InChI is InChI=1S/C18H18N2O4S/c1-2-14(7-5-9-17(21)20-23)24-11-10-19-18(22)16-12-13-6-3-4-8-15(13)25-16/h2-9,12,23H,1,10-11H2,(H,19,22)(H,20,21)/b9-5+,14-7+. The quantitative estimate of drug-likeness (QED) is 0.169. The highest BCUT2D eigenvalue weighted by molar-refractivity contribution is 7.20. The van der Waals surface area contributed by atoms with E-state index in [9.17, 15) is 9.59 Å². The fourth-order valence-electron chi connectivity index (χ4n) is 1.96. The van der Waals surface area contributed by atoms with Crippen molar-refractivity contribution in [2.24, 2.45) is 0 Å². The first kappa shape index (κ1) is 18.4. The van der Waals surface area contributed by atoms with Crippen molar-refractivity contribution in [2.75, 3.05) is 13.2 Å². The second-order valence-corrected chi connectivity index (χ2v) is 5.94. The van der Waals surface area contributed by atoms with Gasteiger partial charge in [-0.15, -0.1) is 11.3 Å². The maximum atomic E-state index is 12.1. The molecule has 0 unspecified atom stereocenters. The van der Waals surface area contributed by atoms with E-state index in [1.165, 1.54) is 35.0 Å². The number of benzene rings is 1. The Morgan fingerprint density at radius 1 is 1.32 bits per heavy atom. The summed E-state index contributed by atoms with van der Waals surface area (Å²) in [4.78, 5) is 23.6. The molecule has 0 bridgehead atoms. The molecule has 0 fully saturated rings. The number of carbonyl (C=O) groups is 2. The van der Waals surface area contributed by atoms with Gasteiger partial charge in [0.1, 0.15) is 12.4 Å². The summed E-state index contributed by atoms with van der Waals surface area (Å²) in [5.74, 6) is -0.346. The largest absolute Gasteiger partial charge is 0.492 e. The third-order valence-corrected chi connectivity index (χ3v) is 4.24. The van der Waals surface area contributed by atoms with Gasteiger partial charge in [-0.25, -0.2) is 5.48 Å². The van der Waals surface area contributed by atoms with Gasteiger partial charge in [0, 0.05) is 10.8 Å². The molecule has 3 N–H and O–H groups in total. The van der Waals surface area contributed by atoms with Crippen LogP contribution in [0.25, 0.3) is 10.1 Å². The summed E-state index contributed by atoms with van der Waals surface area (Å²) < 4.78 is 6.51.